The first-order valence-corrected chi connectivity index (χ1v) is 7.94. The Bertz CT molecular complexity index is 572. The Balaban J connectivity index is 2.38. The number of piperazine rings is 1. The summed E-state index contributed by atoms with van der Waals surface area (Å²) in [5, 5.41) is 5.66. The van der Waals surface area contributed by atoms with Gasteiger partial charge in [0.15, 0.2) is 0 Å². The predicted molar refractivity (Wildman–Crippen MR) is 82.9 cm³/mol. The van der Waals surface area contributed by atoms with E-state index in [1.807, 2.05) is 33.1 Å². The van der Waals surface area contributed by atoms with Crippen LogP contribution in [0.25, 0.3) is 0 Å². The molecule has 2 rings (SSSR count). The first kappa shape index (κ1) is 15.9. The van der Waals surface area contributed by atoms with Crippen molar-refractivity contribution in [2.75, 3.05) is 0 Å². The topological polar surface area (TPSA) is 62.3 Å². The van der Waals surface area contributed by atoms with Gasteiger partial charge in [0.2, 0.25) is 11.8 Å². The fourth-order valence-electron chi connectivity index (χ4n) is 2.69. The molecule has 1 unspecified atom stereocenters. The largest absolute Gasteiger partial charge is 0.340 e. The van der Waals surface area contributed by atoms with Crippen LogP contribution in [0, 0.1) is 12.3 Å². The van der Waals surface area contributed by atoms with Gasteiger partial charge in [-0.2, -0.15) is 0 Å². The fourth-order valence-corrected chi connectivity index (χ4v) is 3.46. The fraction of sp³-hybridized carbons (Fsp3) is 0.667. The van der Waals surface area contributed by atoms with Gasteiger partial charge in [-0.05, 0) is 26.2 Å². The van der Waals surface area contributed by atoms with Gasteiger partial charge in [-0.1, -0.05) is 20.8 Å². The van der Waals surface area contributed by atoms with Crippen LogP contribution in [-0.2, 0) is 16.1 Å². The summed E-state index contributed by atoms with van der Waals surface area (Å²) in [6.45, 7) is 11.7. The van der Waals surface area contributed by atoms with Gasteiger partial charge in [0.05, 0.1) is 6.54 Å². The zero-order valence-electron chi connectivity index (χ0n) is 13.5. The van der Waals surface area contributed by atoms with E-state index in [1.165, 1.54) is 11.3 Å². The maximum Gasteiger partial charge on any atom is 0.248 e. The molecule has 116 valence electrons. The van der Waals surface area contributed by atoms with Crippen LogP contribution < -0.4 is 5.32 Å². The molecule has 1 saturated heterocycles. The number of aromatic nitrogens is 1. The average molecular weight is 309 g/mol. The third-order valence-corrected chi connectivity index (χ3v) is 4.54. The number of carbonyl (C=O) groups excluding carboxylic acids is 2. The Morgan fingerprint density at radius 2 is 2.00 bits per heavy atom. The summed E-state index contributed by atoms with van der Waals surface area (Å²) in [5.41, 5.74) is -0.260. The first-order valence-electron chi connectivity index (χ1n) is 7.06. The second-order valence-corrected chi connectivity index (χ2v) is 8.14. The number of rotatable bonds is 2. The van der Waals surface area contributed by atoms with Crippen molar-refractivity contribution in [1.29, 1.82) is 0 Å². The van der Waals surface area contributed by atoms with E-state index in [9.17, 15) is 9.59 Å². The highest BCUT2D eigenvalue weighted by Gasteiger charge is 2.49. The lowest BCUT2D eigenvalue weighted by Crippen LogP contribution is -2.70. The highest BCUT2D eigenvalue weighted by molar-refractivity contribution is 7.09. The highest BCUT2D eigenvalue weighted by Crippen LogP contribution is 2.32. The third kappa shape index (κ3) is 3.10. The van der Waals surface area contributed by atoms with Crippen molar-refractivity contribution in [2.24, 2.45) is 5.41 Å². The predicted octanol–water partition coefficient (Wildman–Crippen LogP) is 2.10. The van der Waals surface area contributed by atoms with E-state index < -0.39 is 11.6 Å². The van der Waals surface area contributed by atoms with Crippen molar-refractivity contribution in [3.8, 4) is 0 Å². The molecule has 0 spiro atoms. The smallest absolute Gasteiger partial charge is 0.248 e. The maximum atomic E-state index is 12.7. The Kier molecular flexibility index (Phi) is 3.86. The minimum absolute atomic E-state index is 0.0603. The second-order valence-electron chi connectivity index (χ2n) is 7.20. The van der Waals surface area contributed by atoms with Crippen LogP contribution in [0.2, 0.25) is 0 Å². The normalized spacial score (nSPS) is 22.4. The number of aryl methyl sites for hydroxylation is 1. The van der Waals surface area contributed by atoms with Crippen LogP contribution in [-0.4, -0.2) is 33.3 Å². The van der Waals surface area contributed by atoms with Crippen LogP contribution in [0.15, 0.2) is 5.38 Å². The van der Waals surface area contributed by atoms with Crippen molar-refractivity contribution < 1.29 is 9.59 Å². The quantitative estimate of drug-likeness (QED) is 0.910. The number of carbonyl (C=O) groups is 2. The van der Waals surface area contributed by atoms with Gasteiger partial charge in [0, 0.05) is 11.1 Å². The number of hydrogen-bond acceptors (Lipinski definition) is 4. The molecule has 0 saturated carbocycles. The van der Waals surface area contributed by atoms with E-state index in [-0.39, 0.29) is 17.2 Å². The third-order valence-electron chi connectivity index (χ3n) is 3.58. The van der Waals surface area contributed by atoms with E-state index in [2.05, 4.69) is 10.3 Å². The molecule has 0 radical (unpaired) electrons. The molecule has 2 heterocycles. The minimum Gasteiger partial charge on any atom is -0.340 e. The first-order chi connectivity index (χ1) is 9.52. The zero-order chi connectivity index (χ0) is 16.0. The van der Waals surface area contributed by atoms with Crippen LogP contribution in [0.3, 0.4) is 0 Å². The second kappa shape index (κ2) is 5.09. The zero-order valence-corrected chi connectivity index (χ0v) is 14.3. The molecule has 5 nitrogen and oxygen atoms in total. The van der Waals surface area contributed by atoms with Crippen molar-refractivity contribution in [2.45, 2.75) is 59.7 Å². The summed E-state index contributed by atoms with van der Waals surface area (Å²) in [6.07, 6.45) is 0. The molecule has 1 aliphatic heterocycles. The van der Waals surface area contributed by atoms with Gasteiger partial charge in [-0.15, -0.1) is 11.3 Å². The van der Waals surface area contributed by atoms with Crippen molar-refractivity contribution in [3.63, 3.8) is 0 Å². The summed E-state index contributed by atoms with van der Waals surface area (Å²) >= 11 is 1.52. The van der Waals surface area contributed by atoms with E-state index in [0.29, 0.717) is 6.54 Å². The van der Waals surface area contributed by atoms with Crippen molar-refractivity contribution >= 4 is 23.2 Å². The van der Waals surface area contributed by atoms with Gasteiger partial charge in [0.1, 0.15) is 16.6 Å². The molecule has 1 atom stereocenters. The van der Waals surface area contributed by atoms with Gasteiger partial charge in [0.25, 0.3) is 0 Å². The molecule has 1 N–H and O–H groups in total. The van der Waals surface area contributed by atoms with Crippen molar-refractivity contribution in [3.05, 3.63) is 16.1 Å². The Morgan fingerprint density at radius 1 is 1.38 bits per heavy atom. The lowest BCUT2D eigenvalue weighted by molar-refractivity contribution is -0.158. The maximum absolute atomic E-state index is 12.7. The molecule has 1 aromatic rings. The summed E-state index contributed by atoms with van der Waals surface area (Å²) in [4.78, 5) is 31.3. The standard InChI is InChI=1S/C15H23N3O2S/c1-9-8-21-10(16-9)7-18-11(14(2,3)4)12(19)17-15(5,6)13(18)20/h8,11H,7H2,1-6H3,(H,17,19). The molecule has 1 aliphatic rings. The van der Waals surface area contributed by atoms with Crippen LogP contribution in [0.1, 0.15) is 45.3 Å². The highest BCUT2D eigenvalue weighted by atomic mass is 32.1. The Hall–Kier alpha value is -1.43. The van der Waals surface area contributed by atoms with Crippen LogP contribution in [0.5, 0.6) is 0 Å². The van der Waals surface area contributed by atoms with E-state index in [1.54, 1.807) is 18.7 Å². The molecular formula is C15H23N3O2S. The summed E-state index contributed by atoms with van der Waals surface area (Å²) < 4.78 is 0. The molecule has 1 aromatic heterocycles. The molecule has 0 bridgehead atoms. The molecule has 1 fully saturated rings. The number of hydrogen-bond donors (Lipinski definition) is 1. The summed E-state index contributed by atoms with van der Waals surface area (Å²) in [6, 6.07) is -0.484. The van der Waals surface area contributed by atoms with Crippen LogP contribution >= 0.6 is 11.3 Å². The van der Waals surface area contributed by atoms with E-state index in [4.69, 9.17) is 0 Å². The van der Waals surface area contributed by atoms with Crippen molar-refractivity contribution in [1.82, 2.24) is 15.2 Å². The molecule has 21 heavy (non-hydrogen) atoms. The summed E-state index contributed by atoms with van der Waals surface area (Å²) in [7, 11) is 0. The lowest BCUT2D eigenvalue weighted by atomic mass is 9.81. The number of nitrogens with one attached hydrogen (secondary N) is 1. The van der Waals surface area contributed by atoms with Gasteiger partial charge in [-0.25, -0.2) is 4.98 Å². The van der Waals surface area contributed by atoms with E-state index in [0.717, 1.165) is 10.7 Å². The SMILES string of the molecule is Cc1csc(CN2C(=O)C(C)(C)NC(=O)C2C(C)(C)C)n1. The minimum atomic E-state index is -0.870. The number of amides is 2. The molecule has 0 aliphatic carbocycles. The lowest BCUT2D eigenvalue weighted by Gasteiger charge is -2.47. The Labute approximate surface area is 129 Å². The molecule has 2 amide bonds. The van der Waals surface area contributed by atoms with Crippen LogP contribution in [0.4, 0.5) is 0 Å². The Morgan fingerprint density at radius 3 is 2.48 bits per heavy atom. The van der Waals surface area contributed by atoms with E-state index >= 15 is 0 Å². The van der Waals surface area contributed by atoms with Gasteiger partial charge < -0.3 is 10.2 Å². The summed E-state index contributed by atoms with van der Waals surface area (Å²) in [5.74, 6) is -0.157. The van der Waals surface area contributed by atoms with Gasteiger partial charge in [-0.3, -0.25) is 9.59 Å². The van der Waals surface area contributed by atoms with Gasteiger partial charge >= 0.3 is 0 Å². The number of thiazole rings is 1. The number of nitrogens with zero attached hydrogens (tertiary/aromatic N) is 2. The molecule has 0 aromatic carbocycles. The average Bonchev–Trinajstić information content (AvgIpc) is 2.69. The molecular weight excluding hydrogens is 286 g/mol. The monoisotopic (exact) mass is 309 g/mol. The molecule has 6 heteroatoms.